The van der Waals surface area contributed by atoms with E-state index in [4.69, 9.17) is 0 Å². The average Bonchev–Trinajstić information content (AvgIpc) is 3.63. The molecule has 0 aromatic heterocycles. The summed E-state index contributed by atoms with van der Waals surface area (Å²) in [5.41, 5.74) is 21.0. The third-order valence-corrected chi connectivity index (χ3v) is 21.2. The summed E-state index contributed by atoms with van der Waals surface area (Å²) in [6.07, 6.45) is 0. The van der Waals surface area contributed by atoms with Gasteiger partial charge in [0.05, 0.1) is 5.69 Å². The third-order valence-electron chi connectivity index (χ3n) is 16.5. The molecule has 0 saturated heterocycles. The molecule has 0 bridgehead atoms. The summed E-state index contributed by atoms with van der Waals surface area (Å²) in [7, 11) is -2.98. The molecule has 0 N–H and O–H groups in total. The van der Waals surface area contributed by atoms with Gasteiger partial charge >= 0.3 is 0 Å². The molecule has 2 aliphatic rings. The number of nitrogens with zero attached hydrogens (tertiary/aromatic N) is 2. The number of fused-ring (bicyclic) bond motifs is 4. The molecule has 2 nitrogen and oxygen atoms in total. The molecular formula is C73H69BN2Si. The van der Waals surface area contributed by atoms with Crippen molar-refractivity contribution in [3.63, 3.8) is 0 Å². The van der Waals surface area contributed by atoms with Gasteiger partial charge in [-0.15, -0.1) is 0 Å². The lowest BCUT2D eigenvalue weighted by molar-refractivity contribution is 0.569. The van der Waals surface area contributed by atoms with E-state index in [9.17, 15) is 0 Å². The number of hydrogen-bond donors (Lipinski definition) is 0. The molecule has 378 valence electrons. The van der Waals surface area contributed by atoms with Crippen LogP contribution in [0.25, 0.3) is 22.3 Å². The molecule has 0 radical (unpaired) electrons. The zero-order chi connectivity index (χ0) is 53.4. The van der Waals surface area contributed by atoms with E-state index in [0.29, 0.717) is 0 Å². The number of anilines is 6. The molecule has 10 aromatic carbocycles. The standard InChI is InChI=1S/C73H69BN2Si/c1-50-42-68-70-69(43-50)76(65-40-36-53(51-26-16-11-17-27-51)44-62(65)52-28-18-12-19-29-52)66-41-38-61(77(58-30-20-13-21-31-58,59-32-22-14-23-33-59)60-34-24-15-25-35-60)49-64(66)74(70)63-39-37-54(71(2,3)4)48-67(63)75(68)57-46-55(72(5,6)7)45-56(47-57)73(8,9)10/h11-49H,1-10H3. The van der Waals surface area contributed by atoms with Crippen LogP contribution in [0.2, 0.25) is 0 Å². The minimum Gasteiger partial charge on any atom is -0.311 e. The maximum absolute atomic E-state index is 2.98. The number of rotatable bonds is 8. The molecule has 12 rings (SSSR count). The van der Waals surface area contributed by atoms with Gasteiger partial charge in [0.25, 0.3) is 6.71 Å². The first-order valence-corrected chi connectivity index (χ1v) is 29.6. The Morgan fingerprint density at radius 2 is 0.805 bits per heavy atom. The predicted octanol–water partition coefficient (Wildman–Crippen LogP) is 14.7. The van der Waals surface area contributed by atoms with E-state index in [0.717, 1.165) is 5.69 Å². The van der Waals surface area contributed by atoms with E-state index < -0.39 is 8.07 Å². The molecule has 4 heteroatoms. The summed E-state index contributed by atoms with van der Waals surface area (Å²) < 4.78 is 0. The second kappa shape index (κ2) is 19.0. The van der Waals surface area contributed by atoms with E-state index in [1.165, 1.54) is 110 Å². The minimum atomic E-state index is -2.98. The van der Waals surface area contributed by atoms with Crippen molar-refractivity contribution >= 4 is 86.0 Å². The fraction of sp³-hybridized carbons (Fsp3) is 0.178. The van der Waals surface area contributed by atoms with E-state index in [1.807, 2.05) is 0 Å². The van der Waals surface area contributed by atoms with E-state index in [2.05, 4.69) is 316 Å². The van der Waals surface area contributed by atoms with Crippen molar-refractivity contribution in [3.05, 3.63) is 259 Å². The van der Waals surface area contributed by atoms with E-state index in [-0.39, 0.29) is 23.0 Å². The third kappa shape index (κ3) is 8.68. The quantitative estimate of drug-likeness (QED) is 0.111. The Kier molecular flexibility index (Phi) is 12.3. The van der Waals surface area contributed by atoms with Crippen LogP contribution in [0.5, 0.6) is 0 Å². The van der Waals surface area contributed by atoms with Gasteiger partial charge in [0.15, 0.2) is 8.07 Å². The van der Waals surface area contributed by atoms with Crippen LogP contribution in [-0.4, -0.2) is 14.8 Å². The smallest absolute Gasteiger partial charge is 0.252 e. The first-order valence-electron chi connectivity index (χ1n) is 27.6. The van der Waals surface area contributed by atoms with Crippen molar-refractivity contribution in [2.45, 2.75) is 85.5 Å². The van der Waals surface area contributed by atoms with Gasteiger partial charge in [0.1, 0.15) is 0 Å². The lowest BCUT2D eigenvalue weighted by Gasteiger charge is -2.46. The first-order chi connectivity index (χ1) is 37.0. The van der Waals surface area contributed by atoms with Crippen LogP contribution in [0.4, 0.5) is 34.1 Å². The molecule has 0 fully saturated rings. The number of hydrogen-bond acceptors (Lipinski definition) is 2. The highest BCUT2D eigenvalue weighted by molar-refractivity contribution is 7.20. The number of benzene rings is 10. The summed E-state index contributed by atoms with van der Waals surface area (Å²) in [6.45, 7) is 23.4. The van der Waals surface area contributed by atoms with Gasteiger partial charge in [-0.1, -0.05) is 250 Å². The maximum Gasteiger partial charge on any atom is 0.252 e. The zero-order valence-electron chi connectivity index (χ0n) is 46.5. The van der Waals surface area contributed by atoms with Gasteiger partial charge in [-0.05, 0) is 148 Å². The van der Waals surface area contributed by atoms with Gasteiger partial charge < -0.3 is 9.80 Å². The average molecular weight is 1010 g/mol. The molecule has 0 unspecified atom stereocenters. The number of aryl methyl sites for hydroxylation is 1. The van der Waals surface area contributed by atoms with Crippen LogP contribution < -0.4 is 46.9 Å². The Bertz CT molecular complexity index is 3680. The molecule has 2 heterocycles. The van der Waals surface area contributed by atoms with Gasteiger partial charge in [-0.2, -0.15) is 0 Å². The van der Waals surface area contributed by atoms with Gasteiger partial charge in [0.2, 0.25) is 0 Å². The van der Waals surface area contributed by atoms with E-state index >= 15 is 0 Å². The molecule has 77 heavy (non-hydrogen) atoms. The SMILES string of the molecule is Cc1cc2c3c(c1)N(c1ccc(-c4ccccc4)cc1-c1ccccc1)c1ccc([Si](c4ccccc4)(c4ccccc4)c4ccccc4)cc1B3c1ccc(C(C)(C)C)cc1N2c1cc(C(C)(C)C)cc(C(C)(C)C)c1. The highest BCUT2D eigenvalue weighted by atomic mass is 28.3. The normalized spacial score (nSPS) is 13.2. The van der Waals surface area contributed by atoms with Gasteiger partial charge in [-0.25, -0.2) is 0 Å². The molecule has 2 aliphatic heterocycles. The molecule has 0 aliphatic carbocycles. The minimum absolute atomic E-state index is 0.0744. The lowest BCUT2D eigenvalue weighted by atomic mass is 9.33. The second-order valence-corrected chi connectivity index (χ2v) is 28.5. The lowest BCUT2D eigenvalue weighted by Crippen LogP contribution is -2.75. The van der Waals surface area contributed by atoms with Crippen molar-refractivity contribution in [3.8, 4) is 22.3 Å². The maximum atomic E-state index is 2.66. The fourth-order valence-electron chi connectivity index (χ4n) is 12.4. The summed E-state index contributed by atoms with van der Waals surface area (Å²) in [6, 6.07) is 90.7. The van der Waals surface area contributed by atoms with Crippen molar-refractivity contribution < 1.29 is 0 Å². The van der Waals surface area contributed by atoms with Crippen molar-refractivity contribution in [2.24, 2.45) is 0 Å². The summed E-state index contributed by atoms with van der Waals surface area (Å²) in [5.74, 6) is 0. The van der Waals surface area contributed by atoms with Crippen LogP contribution in [0.15, 0.2) is 237 Å². The van der Waals surface area contributed by atoms with Crippen molar-refractivity contribution in [1.29, 1.82) is 0 Å². The Morgan fingerprint density at radius 1 is 0.325 bits per heavy atom. The van der Waals surface area contributed by atoms with Crippen molar-refractivity contribution in [1.82, 2.24) is 0 Å². The molecule has 0 atom stereocenters. The Morgan fingerprint density at radius 3 is 1.32 bits per heavy atom. The summed E-state index contributed by atoms with van der Waals surface area (Å²) in [4.78, 5) is 5.28. The van der Waals surface area contributed by atoms with E-state index in [1.54, 1.807) is 0 Å². The zero-order valence-corrected chi connectivity index (χ0v) is 47.5. The summed E-state index contributed by atoms with van der Waals surface area (Å²) >= 11 is 0. The topological polar surface area (TPSA) is 6.48 Å². The molecule has 10 aromatic rings. The fourth-order valence-corrected chi connectivity index (χ4v) is 17.2. The molecule has 0 saturated carbocycles. The monoisotopic (exact) mass is 1010 g/mol. The Hall–Kier alpha value is -7.92. The second-order valence-electron chi connectivity index (χ2n) is 24.7. The Labute approximate surface area is 459 Å². The van der Waals surface area contributed by atoms with Crippen LogP contribution in [0.1, 0.15) is 84.6 Å². The largest absolute Gasteiger partial charge is 0.311 e. The molecule has 0 spiro atoms. The molecular weight excluding hydrogens is 944 g/mol. The Balaban J connectivity index is 1.23. The van der Waals surface area contributed by atoms with Crippen molar-refractivity contribution in [2.75, 3.05) is 9.80 Å². The van der Waals surface area contributed by atoms with Crippen LogP contribution >= 0.6 is 0 Å². The highest BCUT2D eigenvalue weighted by Crippen LogP contribution is 2.49. The highest BCUT2D eigenvalue weighted by Gasteiger charge is 2.47. The van der Waals surface area contributed by atoms with Crippen LogP contribution in [0.3, 0.4) is 0 Å². The van der Waals surface area contributed by atoms with Crippen LogP contribution in [0, 0.1) is 6.92 Å². The first kappa shape index (κ1) is 49.9. The summed E-state index contributed by atoms with van der Waals surface area (Å²) in [5, 5.41) is 5.46. The van der Waals surface area contributed by atoms with Gasteiger partial charge in [-0.3, -0.25) is 0 Å². The van der Waals surface area contributed by atoms with Crippen LogP contribution in [-0.2, 0) is 16.2 Å². The predicted molar refractivity (Wildman–Crippen MR) is 336 cm³/mol. The van der Waals surface area contributed by atoms with Gasteiger partial charge in [0, 0.05) is 34.0 Å². The molecule has 0 amide bonds.